The molecular formula is C14H26N4O2S3. The highest BCUT2D eigenvalue weighted by Crippen LogP contribution is 2.20. The fraction of sp³-hybridized carbons (Fsp3) is 0.714. The lowest BCUT2D eigenvalue weighted by Gasteiger charge is -2.17. The van der Waals surface area contributed by atoms with Crippen molar-refractivity contribution in [3.8, 4) is 0 Å². The lowest BCUT2D eigenvalue weighted by molar-refractivity contribution is 0.581. The fourth-order valence-electron chi connectivity index (χ4n) is 1.71. The summed E-state index contributed by atoms with van der Waals surface area (Å²) in [6.07, 6.45) is 4.62. The van der Waals surface area contributed by atoms with E-state index >= 15 is 0 Å². The zero-order chi connectivity index (χ0) is 17.1. The molecule has 0 bridgehead atoms. The molecule has 0 aliphatic rings. The number of hydrogen-bond donors (Lipinski definition) is 2. The van der Waals surface area contributed by atoms with Gasteiger partial charge in [0.2, 0.25) is 0 Å². The Balaban J connectivity index is 2.31. The Morgan fingerprint density at radius 2 is 2.30 bits per heavy atom. The van der Waals surface area contributed by atoms with E-state index in [1.807, 2.05) is 25.4 Å². The van der Waals surface area contributed by atoms with Crippen LogP contribution in [-0.2, 0) is 9.84 Å². The molecule has 0 aliphatic heterocycles. The summed E-state index contributed by atoms with van der Waals surface area (Å²) >= 11 is 3.40. The van der Waals surface area contributed by atoms with Crippen LogP contribution in [0.25, 0.3) is 0 Å². The number of thioether (sulfide) groups is 1. The molecule has 0 radical (unpaired) electrons. The third kappa shape index (κ3) is 10.6. The van der Waals surface area contributed by atoms with Gasteiger partial charge in [-0.2, -0.15) is 0 Å². The Labute approximate surface area is 147 Å². The largest absolute Gasteiger partial charge is 0.357 e. The molecule has 0 amide bonds. The monoisotopic (exact) mass is 378 g/mol. The van der Waals surface area contributed by atoms with Gasteiger partial charge >= 0.3 is 0 Å². The van der Waals surface area contributed by atoms with Crippen LogP contribution in [0.1, 0.15) is 26.7 Å². The predicted molar refractivity (Wildman–Crippen MR) is 100 cm³/mol. The molecule has 9 heteroatoms. The fourth-order valence-corrected chi connectivity index (χ4v) is 4.13. The van der Waals surface area contributed by atoms with Crippen LogP contribution in [0, 0.1) is 0 Å². The van der Waals surface area contributed by atoms with Crippen LogP contribution in [0.2, 0.25) is 0 Å². The average Bonchev–Trinajstić information content (AvgIpc) is 2.97. The van der Waals surface area contributed by atoms with Gasteiger partial charge in [-0.3, -0.25) is 4.99 Å². The van der Waals surface area contributed by atoms with Crippen molar-refractivity contribution in [2.24, 2.45) is 4.99 Å². The van der Waals surface area contributed by atoms with Gasteiger partial charge in [-0.15, -0.1) is 11.3 Å². The first-order chi connectivity index (χ1) is 10.9. The van der Waals surface area contributed by atoms with Gasteiger partial charge in [0.1, 0.15) is 14.2 Å². The van der Waals surface area contributed by atoms with Crippen molar-refractivity contribution in [3.63, 3.8) is 0 Å². The summed E-state index contributed by atoms with van der Waals surface area (Å²) in [5.74, 6) is 1.91. The van der Waals surface area contributed by atoms with Crippen LogP contribution in [0.15, 0.2) is 20.9 Å². The number of thiazole rings is 1. The van der Waals surface area contributed by atoms with Crippen molar-refractivity contribution in [1.82, 2.24) is 15.6 Å². The van der Waals surface area contributed by atoms with E-state index in [1.54, 1.807) is 23.1 Å². The molecule has 0 saturated carbocycles. The van der Waals surface area contributed by atoms with Gasteiger partial charge in [0.25, 0.3) is 0 Å². The summed E-state index contributed by atoms with van der Waals surface area (Å²) < 4.78 is 23.5. The number of sulfone groups is 1. The minimum absolute atomic E-state index is 0.0622. The molecule has 0 fully saturated rings. The van der Waals surface area contributed by atoms with Gasteiger partial charge in [-0.25, -0.2) is 13.4 Å². The predicted octanol–water partition coefficient (Wildman–Crippen LogP) is 2.00. The van der Waals surface area contributed by atoms with E-state index in [0.29, 0.717) is 6.42 Å². The number of aliphatic imine (C=N–C) groups is 1. The number of aromatic nitrogens is 1. The standard InChI is InChI=1S/C14H26N4O2S3/c1-4-15-13(18-12(2)6-11-23(3,19)20)16-7-5-9-21-14-17-8-10-22-14/h8,10,12H,4-7,9,11H2,1-3H3,(H2,15,16,18). The number of guanidine groups is 1. The van der Waals surface area contributed by atoms with Crippen molar-refractivity contribution in [1.29, 1.82) is 0 Å². The van der Waals surface area contributed by atoms with E-state index in [1.165, 1.54) is 6.26 Å². The Morgan fingerprint density at radius 3 is 2.91 bits per heavy atom. The number of rotatable bonds is 10. The first-order valence-corrected chi connectivity index (χ1v) is 11.6. The van der Waals surface area contributed by atoms with E-state index < -0.39 is 9.84 Å². The summed E-state index contributed by atoms with van der Waals surface area (Å²) in [6.45, 7) is 5.48. The molecule has 2 N–H and O–H groups in total. The molecule has 0 aliphatic carbocycles. The summed E-state index contributed by atoms with van der Waals surface area (Å²) in [4.78, 5) is 8.76. The van der Waals surface area contributed by atoms with Crippen molar-refractivity contribution in [2.45, 2.75) is 37.1 Å². The van der Waals surface area contributed by atoms with Crippen LogP contribution in [0.5, 0.6) is 0 Å². The van der Waals surface area contributed by atoms with Crippen LogP contribution in [0.3, 0.4) is 0 Å². The maximum atomic E-state index is 11.2. The second-order valence-corrected chi connectivity index (χ2v) is 9.72. The molecular weight excluding hydrogens is 352 g/mol. The zero-order valence-corrected chi connectivity index (χ0v) is 16.4. The van der Waals surface area contributed by atoms with E-state index in [2.05, 4.69) is 20.6 Å². The van der Waals surface area contributed by atoms with Crippen LogP contribution in [-0.4, -0.2) is 56.3 Å². The summed E-state index contributed by atoms with van der Waals surface area (Å²) in [5.41, 5.74) is 0. The molecule has 132 valence electrons. The van der Waals surface area contributed by atoms with E-state index in [4.69, 9.17) is 0 Å². The van der Waals surface area contributed by atoms with Crippen molar-refractivity contribution >= 4 is 38.9 Å². The molecule has 0 saturated heterocycles. The van der Waals surface area contributed by atoms with Gasteiger partial charge in [0, 0.05) is 42.7 Å². The molecule has 1 atom stereocenters. The quantitative estimate of drug-likeness (QED) is 0.280. The van der Waals surface area contributed by atoms with Gasteiger partial charge in [-0.1, -0.05) is 11.8 Å². The number of nitrogens with one attached hydrogen (secondary N) is 2. The highest BCUT2D eigenvalue weighted by molar-refractivity contribution is 8.01. The molecule has 0 aromatic carbocycles. The smallest absolute Gasteiger partial charge is 0.191 e. The minimum Gasteiger partial charge on any atom is -0.357 e. The third-order valence-corrected chi connectivity index (χ3v) is 5.89. The molecule has 1 rings (SSSR count). The van der Waals surface area contributed by atoms with Crippen molar-refractivity contribution < 1.29 is 8.42 Å². The van der Waals surface area contributed by atoms with Gasteiger partial charge < -0.3 is 10.6 Å². The number of hydrogen-bond acceptors (Lipinski definition) is 6. The Bertz CT molecular complexity index is 559. The minimum atomic E-state index is -2.92. The van der Waals surface area contributed by atoms with Crippen LogP contribution in [0.4, 0.5) is 0 Å². The molecule has 0 spiro atoms. The summed E-state index contributed by atoms with van der Waals surface area (Å²) in [7, 11) is -2.92. The van der Waals surface area contributed by atoms with Gasteiger partial charge in [0.15, 0.2) is 5.96 Å². The zero-order valence-electron chi connectivity index (χ0n) is 13.9. The van der Waals surface area contributed by atoms with Crippen LogP contribution >= 0.6 is 23.1 Å². The van der Waals surface area contributed by atoms with E-state index in [-0.39, 0.29) is 11.8 Å². The second kappa shape index (κ2) is 10.9. The topological polar surface area (TPSA) is 83.4 Å². The lowest BCUT2D eigenvalue weighted by atomic mass is 10.3. The molecule has 1 unspecified atom stereocenters. The third-order valence-electron chi connectivity index (χ3n) is 2.86. The van der Waals surface area contributed by atoms with Crippen molar-refractivity contribution in [2.75, 3.05) is 30.9 Å². The summed E-state index contributed by atoms with van der Waals surface area (Å²) in [5, 5.41) is 8.42. The van der Waals surface area contributed by atoms with Crippen LogP contribution < -0.4 is 10.6 Å². The molecule has 1 aromatic rings. The molecule has 23 heavy (non-hydrogen) atoms. The molecule has 1 aromatic heterocycles. The summed E-state index contributed by atoms with van der Waals surface area (Å²) in [6, 6.07) is 0.0622. The Morgan fingerprint density at radius 1 is 1.52 bits per heavy atom. The maximum Gasteiger partial charge on any atom is 0.191 e. The van der Waals surface area contributed by atoms with E-state index in [0.717, 1.165) is 35.6 Å². The Hall–Kier alpha value is -0.800. The van der Waals surface area contributed by atoms with Crippen molar-refractivity contribution in [3.05, 3.63) is 11.6 Å². The normalized spacial score (nSPS) is 13.8. The molecule has 6 nitrogen and oxygen atoms in total. The lowest BCUT2D eigenvalue weighted by Crippen LogP contribution is -2.42. The maximum absolute atomic E-state index is 11.2. The van der Waals surface area contributed by atoms with Gasteiger partial charge in [-0.05, 0) is 26.7 Å². The first-order valence-electron chi connectivity index (χ1n) is 7.65. The second-order valence-electron chi connectivity index (χ2n) is 5.22. The SMILES string of the molecule is CCNC(=NCCCSc1nccs1)NC(C)CCS(C)(=O)=O. The highest BCUT2D eigenvalue weighted by Gasteiger charge is 2.09. The first kappa shape index (κ1) is 20.2. The van der Waals surface area contributed by atoms with E-state index in [9.17, 15) is 8.42 Å². The molecule has 1 heterocycles. The average molecular weight is 379 g/mol. The highest BCUT2D eigenvalue weighted by atomic mass is 32.2. The Kier molecular flexibility index (Phi) is 9.57. The number of nitrogens with zero attached hydrogens (tertiary/aromatic N) is 2. The van der Waals surface area contributed by atoms with Gasteiger partial charge in [0.05, 0.1) is 5.75 Å².